The molecule has 4 bridgehead atoms. The van der Waals surface area contributed by atoms with Crippen LogP contribution in [0.15, 0.2) is 79.4 Å². The summed E-state index contributed by atoms with van der Waals surface area (Å²) in [5.41, 5.74) is 1.09. The van der Waals surface area contributed by atoms with E-state index in [2.05, 4.69) is 18.7 Å². The molecule has 38 heavy (non-hydrogen) atoms. The van der Waals surface area contributed by atoms with Crippen molar-refractivity contribution < 1.29 is 29.3 Å². The second-order valence-electron chi connectivity index (χ2n) is 10.8. The van der Waals surface area contributed by atoms with E-state index in [0.29, 0.717) is 12.2 Å². The lowest BCUT2D eigenvalue weighted by atomic mass is 9.54. The van der Waals surface area contributed by atoms with Crippen LogP contribution in [0.4, 0.5) is 15.3 Å². The number of ether oxygens (including phenoxy) is 2. The summed E-state index contributed by atoms with van der Waals surface area (Å²) in [6.07, 6.45) is 4.18. The van der Waals surface area contributed by atoms with E-state index in [-0.39, 0.29) is 43.4 Å². The molecule has 2 aliphatic carbocycles. The summed E-state index contributed by atoms with van der Waals surface area (Å²) in [5, 5.41) is 22.0. The fraction of sp³-hybridized carbons (Fsp3) is 0.400. The van der Waals surface area contributed by atoms with Gasteiger partial charge in [0.05, 0.1) is 12.8 Å². The van der Waals surface area contributed by atoms with Crippen LogP contribution >= 0.6 is 0 Å². The molecule has 2 N–H and O–H groups in total. The van der Waals surface area contributed by atoms with Gasteiger partial charge in [-0.05, 0) is 23.1 Å². The van der Waals surface area contributed by atoms with Crippen molar-refractivity contribution in [3.05, 3.63) is 90.5 Å². The molecule has 1 saturated heterocycles. The first-order chi connectivity index (χ1) is 18.4. The highest BCUT2D eigenvalue weighted by molar-refractivity contribution is 5.90. The molecule has 8 nitrogen and oxygen atoms in total. The highest BCUT2D eigenvalue weighted by Gasteiger charge is 2.73. The Kier molecular flexibility index (Phi) is 5.85. The number of likely N-dealkylation sites (tertiary alicyclic amines) is 1. The van der Waals surface area contributed by atoms with Gasteiger partial charge in [-0.15, -0.1) is 6.58 Å². The number of aliphatic hydroxyl groups is 2. The number of hydrogen-bond acceptors (Lipinski definition) is 6. The van der Waals surface area contributed by atoms with Gasteiger partial charge in [0.15, 0.2) is 0 Å². The van der Waals surface area contributed by atoms with E-state index in [1.807, 2.05) is 60.7 Å². The highest BCUT2D eigenvalue weighted by Crippen LogP contribution is 2.70. The third kappa shape index (κ3) is 3.23. The second-order valence-corrected chi connectivity index (χ2v) is 10.8. The number of piperidine rings is 1. The molecule has 8 heteroatoms. The van der Waals surface area contributed by atoms with E-state index in [0.717, 1.165) is 11.1 Å². The average Bonchev–Trinajstić information content (AvgIpc) is 3.40. The van der Waals surface area contributed by atoms with Gasteiger partial charge in [-0.2, -0.15) is 0 Å². The first-order valence-electron chi connectivity index (χ1n) is 13.0. The number of benzene rings is 2. The number of anilines is 1. The number of para-hydroxylation sites is 1. The maximum absolute atomic E-state index is 13.3. The van der Waals surface area contributed by atoms with E-state index in [4.69, 9.17) is 9.47 Å². The molecule has 2 aliphatic heterocycles. The number of nitrogens with zero attached hydrogens (tertiary/aromatic N) is 2. The van der Waals surface area contributed by atoms with Crippen LogP contribution in [0.5, 0.6) is 0 Å². The molecule has 0 radical (unpaired) electrons. The number of carbonyl (C=O) groups excluding carboxylic acids is 2. The number of hydrogen-bond donors (Lipinski definition) is 2. The summed E-state index contributed by atoms with van der Waals surface area (Å²) < 4.78 is 10.7. The van der Waals surface area contributed by atoms with Gasteiger partial charge in [0.25, 0.3) is 0 Å². The van der Waals surface area contributed by atoms with E-state index < -0.39 is 29.2 Å². The molecule has 1 saturated carbocycles. The molecule has 4 aliphatic rings. The number of rotatable bonds is 4. The van der Waals surface area contributed by atoms with Gasteiger partial charge < -0.3 is 24.6 Å². The van der Waals surface area contributed by atoms with Gasteiger partial charge in [0, 0.05) is 48.3 Å². The number of amides is 2. The minimum atomic E-state index is -1.16. The molecule has 2 heterocycles. The molecule has 198 valence electrons. The average molecular weight is 517 g/mol. The van der Waals surface area contributed by atoms with Crippen LogP contribution in [0.25, 0.3) is 0 Å². The Bertz CT molecular complexity index is 1300. The molecule has 2 aromatic rings. The Morgan fingerprint density at radius 2 is 1.87 bits per heavy atom. The zero-order valence-corrected chi connectivity index (χ0v) is 21.3. The van der Waals surface area contributed by atoms with Crippen LogP contribution in [0.3, 0.4) is 0 Å². The zero-order chi connectivity index (χ0) is 26.7. The summed E-state index contributed by atoms with van der Waals surface area (Å²) in [6, 6.07) is 16.6. The first-order valence-corrected chi connectivity index (χ1v) is 13.0. The quantitative estimate of drug-likeness (QED) is 0.600. The van der Waals surface area contributed by atoms with E-state index in [1.165, 1.54) is 12.0 Å². The predicted octanol–water partition coefficient (Wildman–Crippen LogP) is 3.84. The molecule has 6 rings (SSSR count). The highest BCUT2D eigenvalue weighted by atomic mass is 16.6. The monoisotopic (exact) mass is 516 g/mol. The second kappa shape index (κ2) is 8.99. The smallest absolute Gasteiger partial charge is 0.416 e. The van der Waals surface area contributed by atoms with Crippen molar-refractivity contribution in [1.29, 1.82) is 0 Å². The normalized spacial score (nSPS) is 34.2. The molecule has 1 spiro atoms. The van der Waals surface area contributed by atoms with Gasteiger partial charge in [0.2, 0.25) is 0 Å². The third-order valence-corrected chi connectivity index (χ3v) is 9.29. The van der Waals surface area contributed by atoms with Gasteiger partial charge in [-0.25, -0.2) is 9.59 Å². The van der Waals surface area contributed by atoms with Crippen LogP contribution < -0.4 is 4.90 Å². The Hall–Kier alpha value is -3.62. The third-order valence-electron chi connectivity index (χ3n) is 9.29. The Labute approximate surface area is 221 Å². The van der Waals surface area contributed by atoms with Gasteiger partial charge in [-0.3, -0.25) is 4.90 Å². The Balaban J connectivity index is 1.42. The largest absolute Gasteiger partial charge is 0.453 e. The summed E-state index contributed by atoms with van der Waals surface area (Å²) >= 11 is 0. The zero-order valence-electron chi connectivity index (χ0n) is 21.3. The molecular weight excluding hydrogens is 484 g/mol. The molecule has 0 aromatic heterocycles. The molecule has 2 amide bonds. The summed E-state index contributed by atoms with van der Waals surface area (Å²) in [4.78, 5) is 29.2. The van der Waals surface area contributed by atoms with Gasteiger partial charge in [0.1, 0.15) is 12.8 Å². The van der Waals surface area contributed by atoms with Crippen molar-refractivity contribution >= 4 is 17.9 Å². The maximum Gasteiger partial charge on any atom is 0.416 e. The summed E-state index contributed by atoms with van der Waals surface area (Å²) in [5.74, 6) is -0.360. The van der Waals surface area contributed by atoms with Crippen LogP contribution in [0.1, 0.15) is 17.5 Å². The summed E-state index contributed by atoms with van der Waals surface area (Å²) in [6.45, 7) is 4.62. The van der Waals surface area contributed by atoms with Crippen molar-refractivity contribution in [3.63, 3.8) is 0 Å². The van der Waals surface area contributed by atoms with Crippen LogP contribution in [0, 0.1) is 23.2 Å². The van der Waals surface area contributed by atoms with E-state index >= 15 is 0 Å². The van der Waals surface area contributed by atoms with Gasteiger partial charge in [-0.1, -0.05) is 66.8 Å². The van der Waals surface area contributed by atoms with Crippen LogP contribution in [-0.4, -0.2) is 59.8 Å². The minimum absolute atomic E-state index is 0.00436. The lowest BCUT2D eigenvalue weighted by Crippen LogP contribution is -2.55. The molecule has 2 aromatic carbocycles. The van der Waals surface area contributed by atoms with Crippen molar-refractivity contribution in [2.45, 2.75) is 30.7 Å². The SMILES string of the molecule is C=C[C@]12CN(C(=O)OC)[C@@H]3C(CO)[C@H]1C=C[C@]1(C[C@@H](O)N(C(=O)OCc4ccccc4)c4ccccc41)[C@@H]32. The fourth-order valence-electron chi connectivity index (χ4n) is 7.94. The lowest BCUT2D eigenvalue weighted by Gasteiger charge is -2.52. The van der Waals surface area contributed by atoms with Crippen molar-refractivity contribution in [2.75, 3.05) is 25.2 Å². The maximum atomic E-state index is 13.3. The molecule has 7 atom stereocenters. The predicted molar refractivity (Wildman–Crippen MR) is 140 cm³/mol. The minimum Gasteiger partial charge on any atom is -0.453 e. The molecule has 1 unspecified atom stereocenters. The number of methoxy groups -OCH3 is 1. The lowest BCUT2D eigenvalue weighted by molar-refractivity contribution is 0.0520. The van der Waals surface area contributed by atoms with Crippen molar-refractivity contribution in [1.82, 2.24) is 4.90 Å². The Morgan fingerprint density at radius 3 is 2.58 bits per heavy atom. The van der Waals surface area contributed by atoms with Gasteiger partial charge >= 0.3 is 12.2 Å². The summed E-state index contributed by atoms with van der Waals surface area (Å²) in [7, 11) is 1.36. The van der Waals surface area contributed by atoms with Crippen LogP contribution in [-0.2, 0) is 21.5 Å². The van der Waals surface area contributed by atoms with Crippen LogP contribution in [0.2, 0.25) is 0 Å². The number of fused-ring (bicyclic) bond motifs is 2. The van der Waals surface area contributed by atoms with Crippen molar-refractivity contribution in [3.8, 4) is 0 Å². The van der Waals surface area contributed by atoms with E-state index in [9.17, 15) is 19.8 Å². The topological polar surface area (TPSA) is 99.5 Å². The molecular formula is C30H32N2O6. The number of aliphatic hydroxyl groups excluding tert-OH is 2. The first kappa shape index (κ1) is 24.7. The number of allylic oxidation sites excluding steroid dienone is 2. The standard InChI is InChI=1S/C30H32N2O6/c1-3-29-18-31(27(35)37-2)25-20(16-33)21(29)13-14-30(26(25)29)15-24(34)32(23-12-8-7-11-22(23)30)28(36)38-17-19-9-5-4-6-10-19/h3-14,20-21,24-26,33-34H,1,15-18H2,2H3/t20?,21-,24-,25-,26+,29+,30-/m1/s1. The fourth-order valence-corrected chi connectivity index (χ4v) is 7.94. The van der Waals surface area contributed by atoms with E-state index in [1.54, 1.807) is 4.90 Å². The molecule has 2 fully saturated rings. The van der Waals surface area contributed by atoms with Crippen molar-refractivity contribution in [2.24, 2.45) is 23.2 Å². The Morgan fingerprint density at radius 1 is 1.13 bits per heavy atom. The number of carbonyl (C=O) groups is 2.